The van der Waals surface area contributed by atoms with E-state index in [2.05, 4.69) is 20.2 Å². The zero-order valence-electron chi connectivity index (χ0n) is 17.5. The van der Waals surface area contributed by atoms with Gasteiger partial charge in [-0.3, -0.25) is 9.36 Å². The Morgan fingerprint density at radius 3 is 2.76 bits per heavy atom. The average molecular weight is 468 g/mol. The molecule has 0 bridgehead atoms. The standard InChI is InChI=1S/C21H20N6O5S/c1-31-20(30)17(18-23-12-5-2-3-6-13(12)24-18)14(28)11-33-21-26-25-19(15-7-4-10-32-15)27(21)9-8-16(22)29/h2-7,10,28H,8-9,11H2,1H3,(H2,22,29)(H,23,24)/b17-14+. The van der Waals surface area contributed by atoms with Crippen molar-refractivity contribution in [2.24, 2.45) is 5.73 Å². The monoisotopic (exact) mass is 468 g/mol. The molecule has 0 saturated carbocycles. The molecule has 0 aliphatic carbocycles. The predicted molar refractivity (Wildman–Crippen MR) is 120 cm³/mol. The number of rotatable bonds is 9. The number of amides is 1. The summed E-state index contributed by atoms with van der Waals surface area (Å²) in [4.78, 5) is 31.2. The summed E-state index contributed by atoms with van der Waals surface area (Å²) in [5, 5.41) is 19.5. The van der Waals surface area contributed by atoms with Crippen LogP contribution in [-0.4, -0.2) is 54.6 Å². The van der Waals surface area contributed by atoms with Crippen LogP contribution in [0.3, 0.4) is 0 Å². The number of methoxy groups -OCH3 is 1. The molecule has 0 aliphatic heterocycles. The SMILES string of the molecule is COC(=O)/C(=C(/O)CSc1nnc(-c2ccco2)n1CCC(N)=O)c1nc2ccccc2[nH]1. The number of imidazole rings is 1. The minimum absolute atomic E-state index is 0.0334. The molecule has 0 saturated heterocycles. The van der Waals surface area contributed by atoms with Crippen molar-refractivity contribution in [2.45, 2.75) is 18.1 Å². The molecule has 0 atom stereocenters. The largest absolute Gasteiger partial charge is 0.510 e. The summed E-state index contributed by atoms with van der Waals surface area (Å²) in [5.41, 5.74) is 6.57. The van der Waals surface area contributed by atoms with Gasteiger partial charge in [0.25, 0.3) is 0 Å². The molecule has 0 unspecified atom stereocenters. The quantitative estimate of drug-likeness (QED) is 0.145. The van der Waals surface area contributed by atoms with Crippen molar-refractivity contribution in [3.63, 3.8) is 0 Å². The summed E-state index contributed by atoms with van der Waals surface area (Å²) in [7, 11) is 1.22. The number of benzene rings is 1. The van der Waals surface area contributed by atoms with Crippen LogP contribution in [0.2, 0.25) is 0 Å². The van der Waals surface area contributed by atoms with Crippen molar-refractivity contribution < 1.29 is 23.8 Å². The van der Waals surface area contributed by atoms with Crippen LogP contribution >= 0.6 is 11.8 Å². The third-order valence-corrected chi connectivity index (χ3v) is 5.66. The predicted octanol–water partition coefficient (Wildman–Crippen LogP) is 2.52. The van der Waals surface area contributed by atoms with Crippen LogP contribution in [0.4, 0.5) is 0 Å². The topological polar surface area (TPSA) is 162 Å². The number of nitrogens with two attached hydrogens (primary N) is 1. The van der Waals surface area contributed by atoms with Gasteiger partial charge in [-0.15, -0.1) is 10.2 Å². The molecule has 3 aromatic heterocycles. The van der Waals surface area contributed by atoms with E-state index >= 15 is 0 Å². The number of hydrogen-bond donors (Lipinski definition) is 3. The highest BCUT2D eigenvalue weighted by Crippen LogP contribution is 2.28. The van der Waals surface area contributed by atoms with Gasteiger partial charge in [0, 0.05) is 13.0 Å². The molecule has 0 radical (unpaired) electrons. The molecule has 4 rings (SSSR count). The zero-order chi connectivity index (χ0) is 23.4. The highest BCUT2D eigenvalue weighted by molar-refractivity contribution is 7.99. The van der Waals surface area contributed by atoms with Gasteiger partial charge in [0.15, 0.2) is 16.7 Å². The first-order valence-corrected chi connectivity index (χ1v) is 10.8. The molecule has 3 heterocycles. The number of thioether (sulfide) groups is 1. The molecule has 4 aromatic rings. The Balaban J connectivity index is 1.64. The highest BCUT2D eigenvalue weighted by atomic mass is 32.2. The Hall–Kier alpha value is -4.06. The van der Waals surface area contributed by atoms with E-state index in [0.717, 1.165) is 11.8 Å². The summed E-state index contributed by atoms with van der Waals surface area (Å²) in [6, 6.07) is 10.7. The van der Waals surface area contributed by atoms with Crippen LogP contribution in [0.25, 0.3) is 28.2 Å². The van der Waals surface area contributed by atoms with Crippen LogP contribution in [0.15, 0.2) is 58.0 Å². The Morgan fingerprint density at radius 2 is 2.06 bits per heavy atom. The second-order valence-electron chi connectivity index (χ2n) is 6.86. The van der Waals surface area contributed by atoms with Crippen LogP contribution < -0.4 is 5.73 Å². The fourth-order valence-electron chi connectivity index (χ4n) is 3.14. The van der Waals surface area contributed by atoms with Gasteiger partial charge >= 0.3 is 5.97 Å². The molecule has 1 amide bonds. The normalized spacial score (nSPS) is 12.0. The van der Waals surface area contributed by atoms with E-state index in [1.54, 1.807) is 22.8 Å². The fraction of sp³-hybridized carbons (Fsp3) is 0.190. The van der Waals surface area contributed by atoms with E-state index in [-0.39, 0.29) is 35.9 Å². The number of esters is 1. The molecule has 4 N–H and O–H groups in total. The summed E-state index contributed by atoms with van der Waals surface area (Å²) >= 11 is 1.12. The molecular formula is C21H20N6O5S. The summed E-state index contributed by atoms with van der Waals surface area (Å²) < 4.78 is 11.9. The second kappa shape index (κ2) is 9.61. The Labute approximate surface area is 191 Å². The van der Waals surface area contributed by atoms with Gasteiger partial charge in [0.1, 0.15) is 17.2 Å². The average Bonchev–Trinajstić information content (AvgIpc) is 3.55. The molecule has 1 aromatic carbocycles. The van der Waals surface area contributed by atoms with E-state index in [4.69, 9.17) is 14.9 Å². The lowest BCUT2D eigenvalue weighted by Gasteiger charge is -2.09. The van der Waals surface area contributed by atoms with Crippen molar-refractivity contribution in [1.29, 1.82) is 0 Å². The van der Waals surface area contributed by atoms with E-state index < -0.39 is 11.9 Å². The number of nitrogens with zero attached hydrogens (tertiary/aromatic N) is 4. The number of fused-ring (bicyclic) bond motifs is 1. The molecule has 0 aliphatic rings. The number of carbonyl (C=O) groups is 2. The van der Waals surface area contributed by atoms with Crippen molar-refractivity contribution in [2.75, 3.05) is 12.9 Å². The maximum Gasteiger partial charge on any atom is 0.345 e. The Morgan fingerprint density at radius 1 is 1.24 bits per heavy atom. The molecule has 12 heteroatoms. The van der Waals surface area contributed by atoms with Gasteiger partial charge in [-0.25, -0.2) is 9.78 Å². The van der Waals surface area contributed by atoms with Crippen LogP contribution in [0, 0.1) is 0 Å². The van der Waals surface area contributed by atoms with E-state index in [1.165, 1.54) is 13.4 Å². The van der Waals surface area contributed by atoms with Gasteiger partial charge in [-0.1, -0.05) is 23.9 Å². The number of nitrogens with one attached hydrogen (secondary N) is 1. The first kappa shape index (κ1) is 22.1. The fourth-order valence-corrected chi connectivity index (χ4v) is 3.98. The number of ether oxygens (including phenoxy) is 1. The second-order valence-corrected chi connectivity index (χ2v) is 7.80. The minimum Gasteiger partial charge on any atom is -0.510 e. The smallest absolute Gasteiger partial charge is 0.345 e. The number of carbonyl (C=O) groups excluding carboxylic acids is 2. The molecule has 0 fully saturated rings. The van der Waals surface area contributed by atoms with Gasteiger partial charge in [0.05, 0.1) is 30.2 Å². The summed E-state index contributed by atoms with van der Waals surface area (Å²) in [5.74, 6) is -0.436. The Kier molecular flexibility index (Phi) is 6.45. The molecule has 33 heavy (non-hydrogen) atoms. The molecular weight excluding hydrogens is 448 g/mol. The van der Waals surface area contributed by atoms with Crippen molar-refractivity contribution in [3.05, 3.63) is 54.2 Å². The number of hydrogen-bond acceptors (Lipinski definition) is 9. The summed E-state index contributed by atoms with van der Waals surface area (Å²) in [6.07, 6.45) is 1.56. The lowest BCUT2D eigenvalue weighted by Crippen LogP contribution is -2.15. The number of H-pyrrole nitrogens is 1. The number of furan rings is 1. The molecule has 170 valence electrons. The Bertz CT molecular complexity index is 1290. The van der Waals surface area contributed by atoms with E-state index in [1.807, 2.05) is 18.2 Å². The zero-order valence-corrected chi connectivity index (χ0v) is 18.3. The maximum atomic E-state index is 12.4. The van der Waals surface area contributed by atoms with Crippen LogP contribution in [0.1, 0.15) is 12.2 Å². The molecule has 0 spiro atoms. The number of primary amides is 1. The van der Waals surface area contributed by atoms with Gasteiger partial charge in [-0.05, 0) is 24.3 Å². The van der Waals surface area contributed by atoms with E-state index in [9.17, 15) is 14.7 Å². The van der Waals surface area contributed by atoms with Gasteiger partial charge in [0.2, 0.25) is 5.91 Å². The third kappa shape index (κ3) is 4.75. The van der Waals surface area contributed by atoms with Crippen LogP contribution in [-0.2, 0) is 20.9 Å². The number of aliphatic hydroxyl groups excluding tert-OH is 1. The first-order chi connectivity index (χ1) is 16.0. The van der Waals surface area contributed by atoms with Crippen molar-refractivity contribution in [3.8, 4) is 11.6 Å². The lowest BCUT2D eigenvalue weighted by atomic mass is 10.2. The van der Waals surface area contributed by atoms with Crippen LogP contribution in [0.5, 0.6) is 0 Å². The third-order valence-electron chi connectivity index (χ3n) is 4.68. The maximum absolute atomic E-state index is 12.4. The minimum atomic E-state index is -0.737. The van der Waals surface area contributed by atoms with E-state index in [0.29, 0.717) is 27.8 Å². The number of aromatic amines is 1. The first-order valence-electron chi connectivity index (χ1n) is 9.81. The van der Waals surface area contributed by atoms with Gasteiger partial charge < -0.3 is 25.0 Å². The number of aromatic nitrogens is 5. The number of aliphatic hydroxyl groups is 1. The summed E-state index contributed by atoms with van der Waals surface area (Å²) in [6.45, 7) is 0.221. The number of para-hydroxylation sites is 2. The van der Waals surface area contributed by atoms with Crippen molar-refractivity contribution >= 4 is 40.2 Å². The van der Waals surface area contributed by atoms with Gasteiger partial charge in [-0.2, -0.15) is 0 Å². The highest BCUT2D eigenvalue weighted by Gasteiger charge is 2.23. The van der Waals surface area contributed by atoms with Crippen molar-refractivity contribution in [1.82, 2.24) is 24.7 Å². The molecule has 11 nitrogen and oxygen atoms in total. The lowest BCUT2D eigenvalue weighted by molar-refractivity contribution is -0.133.